The number of rotatable bonds is 3. The van der Waals surface area contributed by atoms with Crippen molar-refractivity contribution >= 4 is 31.9 Å². The molecule has 1 fully saturated rings. The summed E-state index contributed by atoms with van der Waals surface area (Å²) in [6, 6.07) is 2.63. The molecule has 1 saturated heterocycles. The highest BCUT2D eigenvalue weighted by Crippen LogP contribution is 2.30. The predicted octanol–water partition coefficient (Wildman–Crippen LogP) is 1.87. The lowest BCUT2D eigenvalue weighted by atomic mass is 10.1. The number of nitrogens with zero attached hydrogens (tertiary/aromatic N) is 1. The van der Waals surface area contributed by atoms with Crippen LogP contribution in [-0.4, -0.2) is 49.6 Å². The van der Waals surface area contributed by atoms with Crippen LogP contribution in [0.4, 0.5) is 0 Å². The molecule has 6 nitrogen and oxygen atoms in total. The van der Waals surface area contributed by atoms with Gasteiger partial charge in [0.25, 0.3) is 0 Å². The molecule has 1 aromatic rings. The molecule has 0 aliphatic carbocycles. The Labute approximate surface area is 131 Å². The van der Waals surface area contributed by atoms with Crippen LogP contribution in [0.1, 0.15) is 22.8 Å². The lowest BCUT2D eigenvalue weighted by molar-refractivity contribution is 0.0101. The summed E-state index contributed by atoms with van der Waals surface area (Å²) < 4.78 is 32.5. The quantitative estimate of drug-likeness (QED) is 0.868. The minimum Gasteiger partial charge on any atom is -0.478 e. The van der Waals surface area contributed by atoms with Gasteiger partial charge in [-0.25, -0.2) is 13.2 Å². The van der Waals surface area contributed by atoms with Crippen molar-refractivity contribution in [2.45, 2.75) is 24.8 Å². The standard InChI is InChI=1S/C13H16BrNO5S/c1-8-5-10(13(16)17)6-11(12(8)14)21(18,19)15-3-4-20-9(2)7-15/h5-6,9H,3-4,7H2,1-2H3,(H,16,17). The van der Waals surface area contributed by atoms with Crippen LogP contribution in [0.2, 0.25) is 0 Å². The van der Waals surface area contributed by atoms with Crippen molar-refractivity contribution in [3.8, 4) is 0 Å². The van der Waals surface area contributed by atoms with E-state index >= 15 is 0 Å². The Morgan fingerprint density at radius 1 is 1.48 bits per heavy atom. The Hall–Kier alpha value is -0.960. The fourth-order valence-corrected chi connectivity index (χ4v) is 4.70. The van der Waals surface area contributed by atoms with Gasteiger partial charge in [-0.3, -0.25) is 0 Å². The van der Waals surface area contributed by atoms with Gasteiger partial charge in [-0.05, 0) is 47.5 Å². The monoisotopic (exact) mass is 377 g/mol. The second kappa shape index (κ2) is 6.04. The van der Waals surface area contributed by atoms with Gasteiger partial charge in [0.05, 0.1) is 23.2 Å². The Balaban J connectivity index is 2.51. The Morgan fingerprint density at radius 2 is 2.14 bits per heavy atom. The second-order valence-electron chi connectivity index (χ2n) is 4.95. The van der Waals surface area contributed by atoms with E-state index in [1.54, 1.807) is 13.8 Å². The number of ether oxygens (including phenoxy) is 1. The highest BCUT2D eigenvalue weighted by molar-refractivity contribution is 9.10. The van der Waals surface area contributed by atoms with Gasteiger partial charge in [0, 0.05) is 17.6 Å². The van der Waals surface area contributed by atoms with E-state index < -0.39 is 16.0 Å². The van der Waals surface area contributed by atoms with E-state index in [4.69, 9.17) is 9.84 Å². The van der Waals surface area contributed by atoms with Gasteiger partial charge in [-0.1, -0.05) is 0 Å². The van der Waals surface area contributed by atoms with Crippen molar-refractivity contribution in [2.75, 3.05) is 19.7 Å². The first-order chi connectivity index (χ1) is 9.73. The molecule has 1 heterocycles. The Kier molecular flexibility index (Phi) is 4.72. The smallest absolute Gasteiger partial charge is 0.335 e. The van der Waals surface area contributed by atoms with E-state index in [0.717, 1.165) is 0 Å². The minimum atomic E-state index is -3.76. The fraction of sp³-hybridized carbons (Fsp3) is 0.462. The maximum Gasteiger partial charge on any atom is 0.335 e. The third-order valence-electron chi connectivity index (χ3n) is 3.29. The van der Waals surface area contributed by atoms with E-state index in [9.17, 15) is 13.2 Å². The molecule has 0 aromatic heterocycles. The molecule has 1 aliphatic heterocycles. The fourth-order valence-electron chi connectivity index (χ4n) is 2.19. The number of aromatic carboxylic acids is 1. The average molecular weight is 378 g/mol. The summed E-state index contributed by atoms with van der Waals surface area (Å²) in [7, 11) is -3.76. The van der Waals surface area contributed by atoms with Crippen LogP contribution in [0, 0.1) is 6.92 Å². The lowest BCUT2D eigenvalue weighted by Crippen LogP contribution is -2.44. The van der Waals surface area contributed by atoms with Crippen LogP contribution >= 0.6 is 15.9 Å². The van der Waals surface area contributed by atoms with Crippen LogP contribution in [0.15, 0.2) is 21.5 Å². The number of sulfonamides is 1. The van der Waals surface area contributed by atoms with Crippen molar-refractivity contribution in [3.05, 3.63) is 27.7 Å². The normalized spacial score (nSPS) is 20.4. The third-order valence-corrected chi connectivity index (χ3v) is 6.49. The summed E-state index contributed by atoms with van der Waals surface area (Å²) >= 11 is 3.25. The summed E-state index contributed by atoms with van der Waals surface area (Å²) in [5.74, 6) is -1.16. The number of aryl methyl sites for hydroxylation is 1. The molecule has 21 heavy (non-hydrogen) atoms. The Bertz CT molecular complexity index is 673. The summed E-state index contributed by atoms with van der Waals surface area (Å²) in [6.45, 7) is 4.31. The largest absolute Gasteiger partial charge is 0.478 e. The highest BCUT2D eigenvalue weighted by Gasteiger charge is 2.31. The number of morpholine rings is 1. The van der Waals surface area contributed by atoms with Gasteiger partial charge in [0.2, 0.25) is 10.0 Å². The minimum absolute atomic E-state index is 0.0194. The predicted molar refractivity (Wildman–Crippen MR) is 80.0 cm³/mol. The number of carboxylic acid groups (broad SMARTS) is 1. The van der Waals surface area contributed by atoms with E-state index in [2.05, 4.69) is 15.9 Å². The average Bonchev–Trinajstić information content (AvgIpc) is 2.41. The van der Waals surface area contributed by atoms with E-state index in [0.29, 0.717) is 16.6 Å². The first-order valence-corrected chi connectivity index (χ1v) is 8.62. The molecule has 0 bridgehead atoms. The molecular formula is C13H16BrNO5S. The maximum atomic E-state index is 12.7. The summed E-state index contributed by atoms with van der Waals surface area (Å²) in [4.78, 5) is 11.1. The zero-order valence-corrected chi connectivity index (χ0v) is 14.1. The highest BCUT2D eigenvalue weighted by atomic mass is 79.9. The maximum absolute atomic E-state index is 12.7. The molecule has 116 valence electrons. The van der Waals surface area contributed by atoms with Crippen LogP contribution in [0.3, 0.4) is 0 Å². The van der Waals surface area contributed by atoms with Crippen molar-refractivity contribution in [1.29, 1.82) is 0 Å². The zero-order valence-electron chi connectivity index (χ0n) is 11.7. The SMILES string of the molecule is Cc1cc(C(=O)O)cc(S(=O)(=O)N2CCOC(C)C2)c1Br. The van der Waals surface area contributed by atoms with E-state index in [1.807, 2.05) is 0 Å². The molecule has 0 amide bonds. The summed E-state index contributed by atoms with van der Waals surface area (Å²) in [5.41, 5.74) is 0.519. The van der Waals surface area contributed by atoms with Crippen LogP contribution in [0.5, 0.6) is 0 Å². The number of halogens is 1. The van der Waals surface area contributed by atoms with Gasteiger partial charge in [0.1, 0.15) is 0 Å². The first-order valence-electron chi connectivity index (χ1n) is 6.38. The van der Waals surface area contributed by atoms with E-state index in [-0.39, 0.29) is 29.7 Å². The van der Waals surface area contributed by atoms with E-state index in [1.165, 1.54) is 16.4 Å². The van der Waals surface area contributed by atoms with Crippen molar-refractivity contribution in [2.24, 2.45) is 0 Å². The van der Waals surface area contributed by atoms with Crippen molar-refractivity contribution in [3.63, 3.8) is 0 Å². The molecule has 0 radical (unpaired) electrons. The summed E-state index contributed by atoms with van der Waals surface area (Å²) in [5, 5.41) is 9.10. The van der Waals surface area contributed by atoms with Gasteiger partial charge in [0.15, 0.2) is 0 Å². The topological polar surface area (TPSA) is 83.9 Å². The molecule has 1 aromatic carbocycles. The van der Waals surface area contributed by atoms with Gasteiger partial charge in [-0.15, -0.1) is 0 Å². The first kappa shape index (κ1) is 16.4. The second-order valence-corrected chi connectivity index (χ2v) is 7.65. The zero-order chi connectivity index (χ0) is 15.8. The number of benzene rings is 1. The van der Waals surface area contributed by atoms with Crippen LogP contribution < -0.4 is 0 Å². The van der Waals surface area contributed by atoms with Gasteiger partial charge >= 0.3 is 5.97 Å². The molecule has 0 saturated carbocycles. The number of carbonyl (C=O) groups is 1. The lowest BCUT2D eigenvalue weighted by Gasteiger charge is -2.30. The number of carboxylic acids is 1. The number of hydrogen-bond acceptors (Lipinski definition) is 4. The molecule has 0 spiro atoms. The molecule has 1 atom stereocenters. The number of hydrogen-bond donors (Lipinski definition) is 1. The molecule has 8 heteroatoms. The summed E-state index contributed by atoms with van der Waals surface area (Å²) in [6.07, 6.45) is -0.184. The molecular weight excluding hydrogens is 362 g/mol. The van der Waals surface area contributed by atoms with Gasteiger partial charge in [-0.2, -0.15) is 4.31 Å². The Morgan fingerprint density at radius 3 is 2.71 bits per heavy atom. The molecule has 2 rings (SSSR count). The van der Waals surface area contributed by atoms with Crippen LogP contribution in [0.25, 0.3) is 0 Å². The molecule has 1 aliphatic rings. The molecule has 1 N–H and O–H groups in total. The van der Waals surface area contributed by atoms with Crippen molar-refractivity contribution in [1.82, 2.24) is 4.31 Å². The van der Waals surface area contributed by atoms with Crippen molar-refractivity contribution < 1.29 is 23.1 Å². The van der Waals surface area contributed by atoms with Crippen LogP contribution in [-0.2, 0) is 14.8 Å². The van der Waals surface area contributed by atoms with Gasteiger partial charge < -0.3 is 9.84 Å². The third kappa shape index (κ3) is 3.28. The molecule has 1 unspecified atom stereocenters.